The number of para-hydroxylation sites is 1. The average Bonchev–Trinajstić information content (AvgIpc) is 2.79. The SMILES string of the molecule is CC(C)S(=O)(=O)NC(=O)CCc1c[nH]c2ccccc12. The lowest BCUT2D eigenvalue weighted by Crippen LogP contribution is -2.35. The number of carbonyl (C=O) groups is 1. The summed E-state index contributed by atoms with van der Waals surface area (Å²) in [5.74, 6) is -0.469. The maximum atomic E-state index is 11.7. The van der Waals surface area contributed by atoms with Crippen LogP contribution in [-0.4, -0.2) is 24.6 Å². The zero-order valence-electron chi connectivity index (χ0n) is 11.5. The molecule has 1 aromatic carbocycles. The van der Waals surface area contributed by atoms with Gasteiger partial charge in [0.05, 0.1) is 5.25 Å². The van der Waals surface area contributed by atoms with Crippen molar-refractivity contribution >= 4 is 26.8 Å². The summed E-state index contributed by atoms with van der Waals surface area (Å²) in [4.78, 5) is 14.8. The molecule has 20 heavy (non-hydrogen) atoms. The van der Waals surface area contributed by atoms with Gasteiger partial charge in [-0.1, -0.05) is 18.2 Å². The summed E-state index contributed by atoms with van der Waals surface area (Å²) in [5, 5.41) is 0.451. The van der Waals surface area contributed by atoms with Gasteiger partial charge in [0.2, 0.25) is 15.9 Å². The van der Waals surface area contributed by atoms with Crippen LogP contribution < -0.4 is 4.72 Å². The summed E-state index contributed by atoms with van der Waals surface area (Å²) in [6.07, 6.45) is 2.51. The fourth-order valence-corrected chi connectivity index (χ4v) is 2.57. The molecule has 0 aliphatic carbocycles. The van der Waals surface area contributed by atoms with Gasteiger partial charge in [-0.05, 0) is 31.9 Å². The van der Waals surface area contributed by atoms with Crippen LogP contribution in [-0.2, 0) is 21.2 Å². The van der Waals surface area contributed by atoms with Crippen molar-refractivity contribution in [2.75, 3.05) is 0 Å². The summed E-state index contributed by atoms with van der Waals surface area (Å²) in [6.45, 7) is 3.07. The van der Waals surface area contributed by atoms with Crippen LogP contribution in [0.15, 0.2) is 30.5 Å². The number of H-pyrrole nitrogens is 1. The molecule has 0 radical (unpaired) electrons. The quantitative estimate of drug-likeness (QED) is 0.884. The van der Waals surface area contributed by atoms with Gasteiger partial charge in [0.15, 0.2) is 0 Å². The van der Waals surface area contributed by atoms with Gasteiger partial charge < -0.3 is 4.98 Å². The standard InChI is InChI=1S/C14H18N2O3S/c1-10(2)20(18,19)16-14(17)8-7-11-9-15-13-6-4-3-5-12(11)13/h3-6,9-10,15H,7-8H2,1-2H3,(H,16,17). The monoisotopic (exact) mass is 294 g/mol. The molecule has 1 amide bonds. The zero-order chi connectivity index (χ0) is 14.8. The van der Waals surface area contributed by atoms with Crippen LogP contribution in [0.4, 0.5) is 0 Å². The van der Waals surface area contributed by atoms with Gasteiger partial charge in [-0.15, -0.1) is 0 Å². The van der Waals surface area contributed by atoms with Crippen molar-refractivity contribution in [2.45, 2.75) is 31.9 Å². The maximum Gasteiger partial charge on any atom is 0.237 e. The summed E-state index contributed by atoms with van der Waals surface area (Å²) in [5.41, 5.74) is 2.02. The average molecular weight is 294 g/mol. The number of aromatic amines is 1. The van der Waals surface area contributed by atoms with E-state index in [0.717, 1.165) is 16.5 Å². The maximum absolute atomic E-state index is 11.7. The van der Waals surface area contributed by atoms with E-state index in [9.17, 15) is 13.2 Å². The molecule has 2 rings (SSSR count). The molecule has 0 spiro atoms. The number of fused-ring (bicyclic) bond motifs is 1. The Morgan fingerprint density at radius 3 is 2.70 bits per heavy atom. The number of aromatic nitrogens is 1. The first-order valence-electron chi connectivity index (χ1n) is 6.49. The normalized spacial score (nSPS) is 11.9. The van der Waals surface area contributed by atoms with Gasteiger partial charge in [-0.3, -0.25) is 9.52 Å². The van der Waals surface area contributed by atoms with Gasteiger partial charge in [0.1, 0.15) is 0 Å². The largest absolute Gasteiger partial charge is 0.361 e. The molecule has 5 nitrogen and oxygen atoms in total. The molecule has 1 heterocycles. The highest BCUT2D eigenvalue weighted by atomic mass is 32.2. The predicted molar refractivity (Wildman–Crippen MR) is 78.8 cm³/mol. The number of rotatable bonds is 5. The fourth-order valence-electron chi connectivity index (χ4n) is 1.91. The molecular weight excluding hydrogens is 276 g/mol. The number of nitrogens with one attached hydrogen (secondary N) is 2. The molecule has 6 heteroatoms. The van der Waals surface area contributed by atoms with Gasteiger partial charge in [0, 0.05) is 23.5 Å². The number of benzene rings is 1. The van der Waals surface area contributed by atoms with Crippen LogP contribution >= 0.6 is 0 Å². The highest BCUT2D eigenvalue weighted by molar-refractivity contribution is 7.90. The third kappa shape index (κ3) is 3.19. The molecule has 0 saturated carbocycles. The zero-order valence-corrected chi connectivity index (χ0v) is 12.3. The Hall–Kier alpha value is -1.82. The van der Waals surface area contributed by atoms with Gasteiger partial charge >= 0.3 is 0 Å². The molecule has 0 aliphatic heterocycles. The van der Waals surface area contributed by atoms with E-state index >= 15 is 0 Å². The van der Waals surface area contributed by atoms with Crippen LogP contribution in [0, 0.1) is 0 Å². The first kappa shape index (κ1) is 14.6. The lowest BCUT2D eigenvalue weighted by molar-refractivity contribution is -0.119. The van der Waals surface area contributed by atoms with E-state index in [1.807, 2.05) is 30.5 Å². The number of hydrogen-bond acceptors (Lipinski definition) is 3. The smallest absolute Gasteiger partial charge is 0.237 e. The summed E-state index contributed by atoms with van der Waals surface area (Å²) in [7, 11) is -3.54. The Labute approximate surface area is 118 Å². The summed E-state index contributed by atoms with van der Waals surface area (Å²) < 4.78 is 25.2. The van der Waals surface area contributed by atoms with Gasteiger partial charge in [-0.25, -0.2) is 8.42 Å². The third-order valence-corrected chi connectivity index (χ3v) is 4.93. The van der Waals surface area contributed by atoms with E-state index in [-0.39, 0.29) is 6.42 Å². The van der Waals surface area contributed by atoms with E-state index in [0.29, 0.717) is 6.42 Å². The Kier molecular flexibility index (Phi) is 4.13. The van der Waals surface area contributed by atoms with E-state index in [1.54, 1.807) is 0 Å². The lowest BCUT2D eigenvalue weighted by atomic mass is 10.1. The predicted octanol–water partition coefficient (Wildman–Crippen LogP) is 1.95. The fraction of sp³-hybridized carbons (Fsp3) is 0.357. The van der Waals surface area contributed by atoms with Crippen molar-refractivity contribution in [1.82, 2.24) is 9.71 Å². The van der Waals surface area contributed by atoms with E-state index in [2.05, 4.69) is 9.71 Å². The van der Waals surface area contributed by atoms with Crippen molar-refractivity contribution < 1.29 is 13.2 Å². The number of sulfonamides is 1. The van der Waals surface area contributed by atoms with Crippen LogP contribution in [0.1, 0.15) is 25.8 Å². The van der Waals surface area contributed by atoms with E-state index in [1.165, 1.54) is 13.8 Å². The second-order valence-electron chi connectivity index (χ2n) is 4.98. The van der Waals surface area contributed by atoms with Crippen molar-refractivity contribution in [2.24, 2.45) is 0 Å². The number of hydrogen-bond donors (Lipinski definition) is 2. The highest BCUT2D eigenvalue weighted by Gasteiger charge is 2.18. The minimum absolute atomic E-state index is 0.147. The Bertz CT molecular complexity index is 717. The molecular formula is C14H18N2O3S. The third-order valence-electron chi connectivity index (χ3n) is 3.17. The molecule has 0 bridgehead atoms. The summed E-state index contributed by atoms with van der Waals surface area (Å²) in [6, 6.07) is 7.81. The topological polar surface area (TPSA) is 79.0 Å². The Morgan fingerprint density at radius 2 is 2.00 bits per heavy atom. The number of amides is 1. The molecule has 108 valence electrons. The molecule has 0 saturated heterocycles. The molecule has 0 unspecified atom stereocenters. The van der Waals surface area contributed by atoms with Crippen LogP contribution in [0.3, 0.4) is 0 Å². The minimum atomic E-state index is -3.54. The number of aryl methyl sites for hydroxylation is 1. The van der Waals surface area contributed by atoms with Crippen molar-refractivity contribution in [1.29, 1.82) is 0 Å². The Morgan fingerprint density at radius 1 is 1.30 bits per heavy atom. The molecule has 2 aromatic rings. The second kappa shape index (κ2) is 5.66. The molecule has 2 N–H and O–H groups in total. The van der Waals surface area contributed by atoms with Crippen molar-refractivity contribution in [3.8, 4) is 0 Å². The van der Waals surface area contributed by atoms with E-state index in [4.69, 9.17) is 0 Å². The second-order valence-corrected chi connectivity index (χ2v) is 7.22. The molecule has 0 aliphatic rings. The van der Waals surface area contributed by atoms with Crippen molar-refractivity contribution in [3.63, 3.8) is 0 Å². The molecule has 0 fully saturated rings. The van der Waals surface area contributed by atoms with Crippen molar-refractivity contribution in [3.05, 3.63) is 36.0 Å². The van der Waals surface area contributed by atoms with Gasteiger partial charge in [0.25, 0.3) is 0 Å². The lowest BCUT2D eigenvalue weighted by Gasteiger charge is -2.09. The minimum Gasteiger partial charge on any atom is -0.361 e. The highest BCUT2D eigenvalue weighted by Crippen LogP contribution is 2.18. The Balaban J connectivity index is 2.01. The first-order chi connectivity index (χ1) is 9.40. The van der Waals surface area contributed by atoms with Crippen LogP contribution in [0.2, 0.25) is 0 Å². The van der Waals surface area contributed by atoms with Crippen LogP contribution in [0.5, 0.6) is 0 Å². The summed E-state index contributed by atoms with van der Waals surface area (Å²) >= 11 is 0. The first-order valence-corrected chi connectivity index (χ1v) is 8.04. The molecule has 0 atom stereocenters. The molecule has 1 aromatic heterocycles. The van der Waals surface area contributed by atoms with Gasteiger partial charge in [-0.2, -0.15) is 0 Å². The van der Waals surface area contributed by atoms with Crippen LogP contribution in [0.25, 0.3) is 10.9 Å². The van der Waals surface area contributed by atoms with E-state index < -0.39 is 21.2 Å². The number of carbonyl (C=O) groups excluding carboxylic acids is 1.